The zero-order valence-electron chi connectivity index (χ0n) is 17.1. The molecule has 1 aliphatic heterocycles. The number of hydrogen-bond acceptors (Lipinski definition) is 5. The van der Waals surface area contributed by atoms with Gasteiger partial charge in [0.05, 0.1) is 15.8 Å². The van der Waals surface area contributed by atoms with Crippen LogP contribution in [0.25, 0.3) is 0 Å². The van der Waals surface area contributed by atoms with E-state index in [0.717, 1.165) is 17.8 Å². The Labute approximate surface area is 194 Å². The third-order valence-corrected chi connectivity index (χ3v) is 6.26. The minimum atomic E-state index is -0.271. The number of piperazine rings is 1. The molecule has 1 fully saturated rings. The molecule has 3 amide bonds. The van der Waals surface area contributed by atoms with Gasteiger partial charge in [0.2, 0.25) is 5.91 Å². The van der Waals surface area contributed by atoms with Gasteiger partial charge in [-0.15, -0.1) is 11.3 Å². The van der Waals surface area contributed by atoms with Crippen LogP contribution in [0.1, 0.15) is 25.6 Å². The van der Waals surface area contributed by atoms with E-state index in [4.69, 9.17) is 11.6 Å². The summed E-state index contributed by atoms with van der Waals surface area (Å²) in [4.78, 5) is 39.3. The molecule has 1 aromatic heterocycles. The Bertz CT molecular complexity index is 1150. The molecule has 7 nitrogen and oxygen atoms in total. The van der Waals surface area contributed by atoms with Crippen LogP contribution in [-0.2, 0) is 11.3 Å². The smallest absolute Gasteiger partial charge is 0.261 e. The van der Waals surface area contributed by atoms with Crippen molar-refractivity contribution in [3.05, 3.63) is 81.0 Å². The second-order valence-corrected chi connectivity index (χ2v) is 8.88. The topological polar surface area (TPSA) is 90.5 Å². The highest BCUT2D eigenvalue weighted by molar-refractivity contribution is 7.18. The van der Waals surface area contributed by atoms with Gasteiger partial charge >= 0.3 is 0 Å². The highest BCUT2D eigenvalue weighted by atomic mass is 35.5. The van der Waals surface area contributed by atoms with Crippen molar-refractivity contribution in [1.29, 1.82) is 0 Å². The van der Waals surface area contributed by atoms with Crippen LogP contribution in [0.5, 0.6) is 0 Å². The first-order valence-electron chi connectivity index (χ1n) is 10.1. The fourth-order valence-corrected chi connectivity index (χ4v) is 4.32. The average molecular weight is 469 g/mol. The molecule has 0 bridgehead atoms. The van der Waals surface area contributed by atoms with E-state index in [0.29, 0.717) is 33.6 Å². The van der Waals surface area contributed by atoms with E-state index in [1.54, 1.807) is 47.4 Å². The predicted molar refractivity (Wildman–Crippen MR) is 127 cm³/mol. The van der Waals surface area contributed by atoms with E-state index in [9.17, 15) is 14.4 Å². The largest absolute Gasteiger partial charge is 0.347 e. The van der Waals surface area contributed by atoms with Gasteiger partial charge in [-0.25, -0.2) is 0 Å². The summed E-state index contributed by atoms with van der Waals surface area (Å²) in [6.07, 6.45) is 0. The van der Waals surface area contributed by atoms with Crippen molar-refractivity contribution in [1.82, 2.24) is 10.6 Å². The Morgan fingerprint density at radius 3 is 2.53 bits per heavy atom. The fraction of sp³-hybridized carbons (Fsp3) is 0.174. The van der Waals surface area contributed by atoms with Crippen LogP contribution >= 0.6 is 22.9 Å². The Balaban J connectivity index is 1.41. The van der Waals surface area contributed by atoms with Gasteiger partial charge < -0.3 is 20.9 Å². The van der Waals surface area contributed by atoms with E-state index in [1.165, 1.54) is 11.3 Å². The SMILES string of the molecule is O=C(Nc1ccccc1CNC(=O)c1ccc(Cl)s1)c1ccc(N2CCNCC2=O)cc1. The van der Waals surface area contributed by atoms with Crippen molar-refractivity contribution in [3.8, 4) is 0 Å². The summed E-state index contributed by atoms with van der Waals surface area (Å²) in [5, 5.41) is 8.79. The normalized spacial score (nSPS) is 13.7. The minimum absolute atomic E-state index is 0.00856. The molecule has 1 aliphatic rings. The van der Waals surface area contributed by atoms with Crippen LogP contribution in [0.15, 0.2) is 60.7 Å². The van der Waals surface area contributed by atoms with Crippen LogP contribution in [-0.4, -0.2) is 37.4 Å². The number of hydrogen-bond donors (Lipinski definition) is 3. The van der Waals surface area contributed by atoms with Crippen LogP contribution in [0.2, 0.25) is 4.34 Å². The zero-order valence-corrected chi connectivity index (χ0v) is 18.6. The Hall–Kier alpha value is -3.20. The molecular weight excluding hydrogens is 448 g/mol. The van der Waals surface area contributed by atoms with Gasteiger partial charge in [0, 0.05) is 36.6 Å². The third kappa shape index (κ3) is 5.16. The molecule has 32 heavy (non-hydrogen) atoms. The number of rotatable bonds is 6. The maximum Gasteiger partial charge on any atom is 0.261 e. The quantitative estimate of drug-likeness (QED) is 0.516. The van der Waals surface area contributed by atoms with E-state index in [1.807, 2.05) is 18.2 Å². The molecule has 0 spiro atoms. The molecule has 0 aliphatic carbocycles. The number of para-hydroxylation sites is 1. The molecular formula is C23H21ClN4O3S. The summed E-state index contributed by atoms with van der Waals surface area (Å²) < 4.78 is 0.551. The van der Waals surface area contributed by atoms with Gasteiger partial charge in [0.15, 0.2) is 0 Å². The van der Waals surface area contributed by atoms with E-state index in [2.05, 4.69) is 16.0 Å². The number of amides is 3. The number of benzene rings is 2. The first-order chi connectivity index (χ1) is 15.5. The van der Waals surface area contributed by atoms with Crippen LogP contribution < -0.4 is 20.9 Å². The van der Waals surface area contributed by atoms with Gasteiger partial charge in [-0.3, -0.25) is 14.4 Å². The number of halogens is 1. The average Bonchev–Trinajstić information content (AvgIpc) is 3.25. The summed E-state index contributed by atoms with van der Waals surface area (Å²) in [6, 6.07) is 17.6. The van der Waals surface area contributed by atoms with Gasteiger partial charge in [-0.1, -0.05) is 29.8 Å². The molecule has 1 saturated heterocycles. The van der Waals surface area contributed by atoms with Crippen molar-refractivity contribution in [2.75, 3.05) is 29.9 Å². The number of nitrogens with zero attached hydrogens (tertiary/aromatic N) is 1. The molecule has 3 N–H and O–H groups in total. The summed E-state index contributed by atoms with van der Waals surface area (Å²) in [7, 11) is 0. The van der Waals surface area contributed by atoms with E-state index in [-0.39, 0.29) is 24.3 Å². The number of thiophene rings is 1. The lowest BCUT2D eigenvalue weighted by Crippen LogP contribution is -2.48. The van der Waals surface area contributed by atoms with Crippen molar-refractivity contribution in [3.63, 3.8) is 0 Å². The number of carbonyl (C=O) groups excluding carboxylic acids is 3. The van der Waals surface area contributed by atoms with Crippen molar-refractivity contribution < 1.29 is 14.4 Å². The number of carbonyl (C=O) groups is 3. The summed E-state index contributed by atoms with van der Waals surface area (Å²) >= 11 is 7.10. The molecule has 2 heterocycles. The van der Waals surface area contributed by atoms with Crippen LogP contribution in [0.3, 0.4) is 0 Å². The summed E-state index contributed by atoms with van der Waals surface area (Å²) in [6.45, 7) is 1.91. The highest BCUT2D eigenvalue weighted by Gasteiger charge is 2.19. The van der Waals surface area contributed by atoms with Gasteiger partial charge in [-0.05, 0) is 48.0 Å². The van der Waals surface area contributed by atoms with E-state index < -0.39 is 0 Å². The molecule has 0 radical (unpaired) electrons. The lowest BCUT2D eigenvalue weighted by molar-refractivity contribution is -0.118. The maximum atomic E-state index is 12.8. The Morgan fingerprint density at radius 2 is 1.81 bits per heavy atom. The fourth-order valence-electron chi connectivity index (χ4n) is 3.36. The van der Waals surface area contributed by atoms with E-state index >= 15 is 0 Å². The molecule has 9 heteroatoms. The third-order valence-electron chi connectivity index (χ3n) is 5.03. The Kier molecular flexibility index (Phi) is 6.84. The van der Waals surface area contributed by atoms with Crippen LogP contribution in [0.4, 0.5) is 11.4 Å². The van der Waals surface area contributed by atoms with Crippen molar-refractivity contribution in [2.45, 2.75) is 6.54 Å². The molecule has 0 unspecified atom stereocenters. The maximum absolute atomic E-state index is 12.8. The highest BCUT2D eigenvalue weighted by Crippen LogP contribution is 2.22. The standard InChI is InChI=1S/C23H21ClN4O3S/c24-20-10-9-19(32-20)23(31)26-13-16-3-1-2-4-18(16)27-22(30)15-5-7-17(8-6-15)28-12-11-25-14-21(28)29/h1-10,25H,11-14H2,(H,26,31)(H,27,30). The monoisotopic (exact) mass is 468 g/mol. The second-order valence-electron chi connectivity index (χ2n) is 7.17. The predicted octanol–water partition coefficient (Wildman–Crippen LogP) is 3.52. The summed E-state index contributed by atoms with van der Waals surface area (Å²) in [5.41, 5.74) is 2.64. The van der Waals surface area contributed by atoms with Gasteiger partial charge in [0.25, 0.3) is 11.8 Å². The molecule has 0 atom stereocenters. The number of anilines is 2. The van der Waals surface area contributed by atoms with Crippen LogP contribution in [0, 0.1) is 0 Å². The molecule has 3 aromatic rings. The lowest BCUT2D eigenvalue weighted by atomic mass is 10.1. The molecule has 2 aromatic carbocycles. The molecule has 4 rings (SSSR count). The zero-order chi connectivity index (χ0) is 22.5. The number of nitrogens with one attached hydrogen (secondary N) is 3. The first-order valence-corrected chi connectivity index (χ1v) is 11.2. The lowest BCUT2D eigenvalue weighted by Gasteiger charge is -2.27. The van der Waals surface area contributed by atoms with Gasteiger partial charge in [-0.2, -0.15) is 0 Å². The first kappa shape index (κ1) is 22.0. The van der Waals surface area contributed by atoms with Gasteiger partial charge in [0.1, 0.15) is 0 Å². The Morgan fingerprint density at radius 1 is 1.03 bits per heavy atom. The van der Waals surface area contributed by atoms with Crippen molar-refractivity contribution >= 4 is 52.0 Å². The summed E-state index contributed by atoms with van der Waals surface area (Å²) in [5.74, 6) is -0.484. The van der Waals surface area contributed by atoms with Crippen molar-refractivity contribution in [2.24, 2.45) is 0 Å². The second kappa shape index (κ2) is 9.95. The molecule has 164 valence electrons. The molecule has 0 saturated carbocycles. The minimum Gasteiger partial charge on any atom is -0.347 e.